The number of amides is 1. The number of carbonyl (C=O) groups is 1. The van der Waals surface area contributed by atoms with Crippen molar-refractivity contribution in [1.29, 1.82) is 0 Å². The molecule has 6 heteroatoms. The molecular formula is C21H17N3O2S. The molecule has 0 saturated carbocycles. The quantitative estimate of drug-likeness (QED) is 0.495. The lowest BCUT2D eigenvalue weighted by Crippen LogP contribution is -2.31. The van der Waals surface area contributed by atoms with E-state index in [-0.39, 0.29) is 12.5 Å². The highest BCUT2D eigenvalue weighted by molar-refractivity contribution is 7.15. The number of hydrogen-bond acceptors (Lipinski definition) is 5. The average Bonchev–Trinajstić information content (AvgIpc) is 3.36. The predicted molar refractivity (Wildman–Crippen MR) is 106 cm³/mol. The molecule has 3 aromatic heterocycles. The van der Waals surface area contributed by atoms with Gasteiger partial charge in [-0.2, -0.15) is 0 Å². The topological polar surface area (TPSA) is 59.2 Å². The van der Waals surface area contributed by atoms with E-state index in [2.05, 4.69) is 9.97 Å². The summed E-state index contributed by atoms with van der Waals surface area (Å²) in [7, 11) is 0. The first-order chi connectivity index (χ1) is 13.2. The Hall–Kier alpha value is -3.25. The van der Waals surface area contributed by atoms with Crippen molar-refractivity contribution in [1.82, 2.24) is 9.97 Å². The zero-order valence-electron chi connectivity index (χ0n) is 14.7. The molecule has 27 heavy (non-hydrogen) atoms. The molecule has 0 bridgehead atoms. The largest absolute Gasteiger partial charge is 0.467 e. The molecule has 0 fully saturated rings. The lowest BCUT2D eigenvalue weighted by Gasteiger charge is -2.20. The molecule has 0 unspecified atom stereocenters. The van der Waals surface area contributed by atoms with E-state index < -0.39 is 0 Å². The number of thiazole rings is 1. The van der Waals surface area contributed by atoms with E-state index in [1.165, 1.54) is 11.3 Å². The fraction of sp³-hybridized carbons (Fsp3) is 0.0952. The van der Waals surface area contributed by atoms with E-state index in [9.17, 15) is 4.79 Å². The second-order valence-electron chi connectivity index (χ2n) is 5.94. The van der Waals surface area contributed by atoms with E-state index in [1.807, 2.05) is 61.5 Å². The van der Waals surface area contributed by atoms with Crippen LogP contribution in [0.25, 0.3) is 10.4 Å². The molecule has 3 heterocycles. The molecule has 0 aliphatic rings. The molecule has 5 nitrogen and oxygen atoms in total. The molecule has 4 rings (SSSR count). The monoisotopic (exact) mass is 375 g/mol. The Morgan fingerprint density at radius 2 is 1.89 bits per heavy atom. The van der Waals surface area contributed by atoms with Crippen molar-refractivity contribution in [2.75, 3.05) is 4.90 Å². The van der Waals surface area contributed by atoms with E-state index >= 15 is 0 Å². The third kappa shape index (κ3) is 3.66. The fourth-order valence-electron chi connectivity index (χ4n) is 2.81. The SMILES string of the molecule is Cc1nc(C(=O)N(Cc2ccco2)c2ccccn2)c(-c2ccccc2)s1. The van der Waals surface area contributed by atoms with Crippen molar-refractivity contribution in [2.24, 2.45) is 0 Å². The van der Waals surface area contributed by atoms with Gasteiger partial charge in [0.1, 0.15) is 17.3 Å². The molecule has 0 N–H and O–H groups in total. The molecule has 4 aromatic rings. The first kappa shape index (κ1) is 17.2. The maximum atomic E-state index is 13.5. The number of rotatable bonds is 5. The smallest absolute Gasteiger partial charge is 0.279 e. The van der Waals surface area contributed by atoms with Crippen LogP contribution in [-0.4, -0.2) is 15.9 Å². The minimum atomic E-state index is -0.201. The molecule has 134 valence electrons. The van der Waals surface area contributed by atoms with E-state index in [4.69, 9.17) is 4.42 Å². The number of furan rings is 1. The zero-order valence-corrected chi connectivity index (χ0v) is 15.5. The van der Waals surface area contributed by atoms with Crippen LogP contribution in [0.15, 0.2) is 77.5 Å². The van der Waals surface area contributed by atoms with Gasteiger partial charge in [0.15, 0.2) is 0 Å². The molecule has 0 aliphatic carbocycles. The van der Waals surface area contributed by atoms with Gasteiger partial charge in [-0.25, -0.2) is 9.97 Å². The number of anilines is 1. The number of hydrogen-bond donors (Lipinski definition) is 0. The van der Waals surface area contributed by atoms with Crippen LogP contribution in [0.2, 0.25) is 0 Å². The second kappa shape index (κ2) is 7.55. The van der Waals surface area contributed by atoms with Crippen LogP contribution in [0.5, 0.6) is 0 Å². The fourth-order valence-corrected chi connectivity index (χ4v) is 3.73. The summed E-state index contributed by atoms with van der Waals surface area (Å²) < 4.78 is 5.45. The Kier molecular flexibility index (Phi) is 4.80. The first-order valence-electron chi connectivity index (χ1n) is 8.50. The summed E-state index contributed by atoms with van der Waals surface area (Å²) in [6.45, 7) is 2.19. The van der Waals surface area contributed by atoms with Crippen LogP contribution in [0.3, 0.4) is 0 Å². The van der Waals surface area contributed by atoms with E-state index in [0.717, 1.165) is 15.4 Å². The summed E-state index contributed by atoms with van der Waals surface area (Å²) in [6, 6.07) is 19.0. The Bertz CT molecular complexity index is 1030. The molecule has 1 amide bonds. The number of pyridine rings is 1. The summed E-state index contributed by atoms with van der Waals surface area (Å²) in [4.78, 5) is 24.8. The summed E-state index contributed by atoms with van der Waals surface area (Å²) in [5.74, 6) is 1.04. The number of carbonyl (C=O) groups excluding carboxylic acids is 1. The number of aryl methyl sites for hydroxylation is 1. The average molecular weight is 375 g/mol. The van der Waals surface area contributed by atoms with Crippen molar-refractivity contribution in [3.63, 3.8) is 0 Å². The van der Waals surface area contributed by atoms with Crippen LogP contribution in [0, 0.1) is 6.92 Å². The first-order valence-corrected chi connectivity index (χ1v) is 9.32. The van der Waals surface area contributed by atoms with E-state index in [1.54, 1.807) is 23.4 Å². The normalized spacial score (nSPS) is 10.7. The third-order valence-corrected chi connectivity index (χ3v) is 5.06. The van der Waals surface area contributed by atoms with Gasteiger partial charge in [-0.05, 0) is 36.8 Å². The molecule has 0 aliphatic heterocycles. The van der Waals surface area contributed by atoms with Gasteiger partial charge in [0.25, 0.3) is 5.91 Å². The Morgan fingerprint density at radius 3 is 2.59 bits per heavy atom. The molecule has 0 saturated heterocycles. The van der Waals surface area contributed by atoms with Gasteiger partial charge in [0, 0.05) is 6.20 Å². The van der Waals surface area contributed by atoms with Crippen LogP contribution < -0.4 is 4.90 Å². The van der Waals surface area contributed by atoms with Crippen LogP contribution in [0.4, 0.5) is 5.82 Å². The van der Waals surface area contributed by atoms with Gasteiger partial charge in [-0.1, -0.05) is 36.4 Å². The Morgan fingerprint density at radius 1 is 1.07 bits per heavy atom. The second-order valence-corrected chi connectivity index (χ2v) is 7.14. The summed E-state index contributed by atoms with van der Waals surface area (Å²) in [5, 5.41) is 0.844. The van der Waals surface area contributed by atoms with Crippen LogP contribution in [0.1, 0.15) is 21.3 Å². The van der Waals surface area contributed by atoms with Crippen LogP contribution in [-0.2, 0) is 6.54 Å². The molecule has 0 radical (unpaired) electrons. The van der Waals surface area contributed by atoms with Crippen molar-refractivity contribution >= 4 is 23.1 Å². The predicted octanol–water partition coefficient (Wildman–Crippen LogP) is 4.95. The van der Waals surface area contributed by atoms with Gasteiger partial charge < -0.3 is 4.42 Å². The van der Waals surface area contributed by atoms with Crippen molar-refractivity contribution in [3.8, 4) is 10.4 Å². The molecular weight excluding hydrogens is 358 g/mol. The highest BCUT2D eigenvalue weighted by Crippen LogP contribution is 2.32. The highest BCUT2D eigenvalue weighted by atomic mass is 32.1. The number of nitrogens with zero attached hydrogens (tertiary/aromatic N) is 3. The number of benzene rings is 1. The lowest BCUT2D eigenvalue weighted by atomic mass is 10.1. The van der Waals surface area contributed by atoms with Crippen LogP contribution >= 0.6 is 11.3 Å². The van der Waals surface area contributed by atoms with Gasteiger partial charge in [0.05, 0.1) is 22.7 Å². The maximum absolute atomic E-state index is 13.5. The standard InChI is InChI=1S/C21H17N3O2S/c1-15-23-19(20(27-15)16-8-3-2-4-9-16)21(25)24(14-17-10-7-13-26-17)18-11-5-6-12-22-18/h2-13H,14H2,1H3. The molecule has 0 spiro atoms. The van der Waals surface area contributed by atoms with Crippen molar-refractivity contribution in [3.05, 3.63) is 89.6 Å². The van der Waals surface area contributed by atoms with Gasteiger partial charge >= 0.3 is 0 Å². The maximum Gasteiger partial charge on any atom is 0.279 e. The minimum absolute atomic E-state index is 0.201. The summed E-state index contributed by atoms with van der Waals surface area (Å²) in [6.07, 6.45) is 3.26. The van der Waals surface area contributed by atoms with Gasteiger partial charge in [0.2, 0.25) is 0 Å². The molecule has 0 atom stereocenters. The van der Waals surface area contributed by atoms with E-state index in [0.29, 0.717) is 17.3 Å². The lowest BCUT2D eigenvalue weighted by molar-refractivity contribution is 0.0979. The Labute approximate surface area is 160 Å². The highest BCUT2D eigenvalue weighted by Gasteiger charge is 2.26. The molecule has 1 aromatic carbocycles. The minimum Gasteiger partial charge on any atom is -0.467 e. The van der Waals surface area contributed by atoms with Gasteiger partial charge in [-0.3, -0.25) is 9.69 Å². The van der Waals surface area contributed by atoms with Crippen molar-refractivity contribution in [2.45, 2.75) is 13.5 Å². The Balaban J connectivity index is 1.76. The van der Waals surface area contributed by atoms with Gasteiger partial charge in [-0.15, -0.1) is 11.3 Å². The third-order valence-electron chi connectivity index (χ3n) is 4.04. The van der Waals surface area contributed by atoms with Crippen molar-refractivity contribution < 1.29 is 9.21 Å². The number of aromatic nitrogens is 2. The summed E-state index contributed by atoms with van der Waals surface area (Å²) in [5.41, 5.74) is 1.41. The summed E-state index contributed by atoms with van der Waals surface area (Å²) >= 11 is 1.51. The zero-order chi connectivity index (χ0) is 18.6.